The lowest BCUT2D eigenvalue weighted by molar-refractivity contribution is -0.308. The van der Waals surface area contributed by atoms with Gasteiger partial charge in [-0.2, -0.15) is 0 Å². The van der Waals surface area contributed by atoms with E-state index in [9.17, 15) is 70.6 Å². The molecule has 4 rings (SSSR count). The molecule has 4 aliphatic rings. The van der Waals surface area contributed by atoms with Gasteiger partial charge in [0.1, 0.15) is 18.3 Å². The van der Waals surface area contributed by atoms with Crippen molar-refractivity contribution in [1.82, 2.24) is 20.4 Å². The zero-order chi connectivity index (χ0) is 59.3. The summed E-state index contributed by atoms with van der Waals surface area (Å²) in [5, 5.41) is 128. The van der Waals surface area contributed by atoms with E-state index in [1.54, 1.807) is 80.5 Å². The zero-order valence-corrected chi connectivity index (χ0v) is 47.5. The van der Waals surface area contributed by atoms with Crippen LogP contribution in [0.25, 0.3) is 0 Å². The second-order valence-corrected chi connectivity index (χ2v) is 22.6. The van der Waals surface area contributed by atoms with Crippen LogP contribution in [0.1, 0.15) is 92.9 Å². The summed E-state index contributed by atoms with van der Waals surface area (Å²) in [4.78, 5) is 43.7. The van der Waals surface area contributed by atoms with E-state index >= 15 is 0 Å². The first kappa shape index (κ1) is 68.4. The largest absolute Gasteiger partial charge is 0.462 e. The first-order valence-electron chi connectivity index (χ1n) is 28.1. The van der Waals surface area contributed by atoms with E-state index in [0.29, 0.717) is 13.1 Å². The van der Waals surface area contributed by atoms with Crippen molar-refractivity contribution in [3.05, 3.63) is 85.1 Å². The third-order valence-electron chi connectivity index (χ3n) is 15.5. The standard InChI is InChI=1S/C58H94N4O18/c1-36-20-18-16-14-12-10-8-9-11-13-15-17-19-21-43(79-56-54(74)51(53(73)39(4)78-56)60-48(70)34-59-7)31-47-50(55(75)61-24-26-62(27-25-61)57(5,6)35-63)46(69)33-58(76,80-47)32-42(66)29-45(68)44(67)23-22-40(64)28-41(65)30-49(71)77-38(3)37(2)52(36)72/h8-21,36-47,50-54,56,59,63-69,72-74,76H,22-35H2,1-7H3,(H,60,70)/b9-8-,12-10-,13-11-,16-14-,17-15-,20-18-,21-19+/t36-,37-,38-,39+,40+,41+,42-,43-,44+,45+,46-,47-,50+,51-,52+,53+,54-,56-,58+/m0/s1. The van der Waals surface area contributed by atoms with E-state index in [1.165, 1.54) is 6.92 Å². The van der Waals surface area contributed by atoms with Crippen LogP contribution in [0.3, 0.4) is 0 Å². The van der Waals surface area contributed by atoms with Gasteiger partial charge >= 0.3 is 5.97 Å². The number of ether oxygens (including phenoxy) is 4. The summed E-state index contributed by atoms with van der Waals surface area (Å²) in [6, 6.07) is -1.23. The van der Waals surface area contributed by atoms with E-state index in [1.807, 2.05) is 56.1 Å². The number of allylic oxidation sites excluding steroid dienone is 12. The molecule has 4 aliphatic heterocycles. The molecular weight excluding hydrogens is 1040 g/mol. The Morgan fingerprint density at radius 3 is 1.88 bits per heavy atom. The summed E-state index contributed by atoms with van der Waals surface area (Å²) in [5.74, 6) is -6.16. The van der Waals surface area contributed by atoms with Crippen LogP contribution in [0.15, 0.2) is 85.1 Å². The minimum Gasteiger partial charge on any atom is -0.462 e. The van der Waals surface area contributed by atoms with Crippen molar-refractivity contribution in [3.8, 4) is 0 Å². The van der Waals surface area contributed by atoms with Crippen LogP contribution in [-0.4, -0.2) is 233 Å². The zero-order valence-electron chi connectivity index (χ0n) is 47.5. The molecule has 19 atom stereocenters. The number of piperazine rings is 1. The number of hydrogen-bond acceptors (Lipinski definition) is 20. The van der Waals surface area contributed by atoms with Gasteiger partial charge in [0.25, 0.3) is 0 Å². The van der Waals surface area contributed by atoms with Crippen molar-refractivity contribution in [2.45, 2.75) is 196 Å². The van der Waals surface area contributed by atoms with Crippen molar-refractivity contribution in [3.63, 3.8) is 0 Å². The third kappa shape index (κ3) is 21.6. The number of esters is 1. The third-order valence-corrected chi connectivity index (χ3v) is 15.5. The number of nitrogens with one attached hydrogen (secondary N) is 2. The molecule has 3 fully saturated rings. The maximum Gasteiger partial charge on any atom is 0.308 e. The smallest absolute Gasteiger partial charge is 0.308 e. The number of hydrogen-bond donors (Lipinski definition) is 13. The van der Waals surface area contributed by atoms with E-state index in [4.69, 9.17) is 18.9 Å². The second kappa shape index (κ2) is 33.3. The van der Waals surface area contributed by atoms with Crippen LogP contribution in [0.4, 0.5) is 0 Å². The highest BCUT2D eigenvalue weighted by Crippen LogP contribution is 2.39. The lowest BCUT2D eigenvalue weighted by Crippen LogP contribution is -2.64. The maximum absolute atomic E-state index is 14.7. The predicted octanol–water partition coefficient (Wildman–Crippen LogP) is -0.0809. The van der Waals surface area contributed by atoms with Crippen molar-refractivity contribution in [2.24, 2.45) is 17.8 Å². The molecule has 22 nitrogen and oxygen atoms in total. The number of aliphatic hydroxyl groups is 11. The minimum atomic E-state index is -2.33. The average molecular weight is 1140 g/mol. The van der Waals surface area contributed by atoms with E-state index in [0.717, 1.165) is 0 Å². The molecule has 454 valence electrons. The van der Waals surface area contributed by atoms with E-state index < -0.39 is 158 Å². The number of likely N-dealkylation sites (N-methyl/N-ethyl adjacent to an activating group) is 1. The maximum atomic E-state index is 14.7. The topological polar surface area (TPSA) is 341 Å². The Balaban J connectivity index is 1.68. The first-order valence-corrected chi connectivity index (χ1v) is 28.1. The minimum absolute atomic E-state index is 0.114. The van der Waals surface area contributed by atoms with Gasteiger partial charge in [-0.05, 0) is 54.0 Å². The van der Waals surface area contributed by atoms with Gasteiger partial charge in [0.2, 0.25) is 11.8 Å². The van der Waals surface area contributed by atoms with Gasteiger partial charge in [-0.3, -0.25) is 19.3 Å². The molecule has 80 heavy (non-hydrogen) atoms. The normalized spacial score (nSPS) is 40.8. The number of carbonyl (C=O) groups excluding carboxylic acids is 3. The van der Waals surface area contributed by atoms with E-state index in [2.05, 4.69) is 10.6 Å². The molecule has 2 amide bonds. The predicted molar refractivity (Wildman–Crippen MR) is 297 cm³/mol. The van der Waals surface area contributed by atoms with E-state index in [-0.39, 0.29) is 57.8 Å². The van der Waals surface area contributed by atoms with Gasteiger partial charge in [-0.1, -0.05) is 98.9 Å². The van der Waals surface area contributed by atoms with Crippen LogP contribution in [0.2, 0.25) is 0 Å². The van der Waals surface area contributed by atoms with Gasteiger partial charge in [0, 0.05) is 69.2 Å². The highest BCUT2D eigenvalue weighted by molar-refractivity contribution is 5.80. The van der Waals surface area contributed by atoms with Crippen molar-refractivity contribution >= 4 is 17.8 Å². The van der Waals surface area contributed by atoms with Crippen molar-refractivity contribution in [2.75, 3.05) is 46.4 Å². The van der Waals surface area contributed by atoms with Gasteiger partial charge in [0.15, 0.2) is 12.1 Å². The molecule has 13 N–H and O–H groups in total. The molecule has 0 radical (unpaired) electrons. The Morgan fingerprint density at radius 1 is 0.700 bits per heavy atom. The summed E-state index contributed by atoms with van der Waals surface area (Å²) in [6.07, 6.45) is 3.50. The van der Waals surface area contributed by atoms with Crippen LogP contribution in [-0.2, 0) is 33.3 Å². The summed E-state index contributed by atoms with van der Waals surface area (Å²) in [7, 11) is 1.56. The molecule has 0 saturated carbocycles. The first-order chi connectivity index (χ1) is 37.8. The average Bonchev–Trinajstić information content (AvgIpc) is 3.39. The molecule has 0 aliphatic carbocycles. The fraction of sp³-hybridized carbons (Fsp3) is 0.707. The Hall–Kier alpha value is -4.05. The molecule has 0 unspecified atom stereocenters. The fourth-order valence-corrected chi connectivity index (χ4v) is 10.3. The molecule has 0 aromatic heterocycles. The fourth-order valence-electron chi connectivity index (χ4n) is 10.3. The Morgan fingerprint density at radius 2 is 1.29 bits per heavy atom. The number of fused-ring (bicyclic) bond motifs is 2. The SMILES string of the molecule is CNCC(=O)N[C@@H]1[C@H](O)[C@H](O[C@H]2/C=C/C=C\C=C/C=C\C=C/C=C\C=C/[C@H](C)[C@@H](O)[C@@H](C)[C@H](C)OC(=O)C[C@H](O)C[C@H](O)CC[C@@H](O)[C@H](O)C[C@H](O)C[C@]3(O)C[C@H](O)[C@@H](C(=O)N4CCN(C(C)(C)CO)CC4)[C@H](C2)O3)O[C@H](C)[C@H]1O. The molecule has 0 spiro atoms. The summed E-state index contributed by atoms with van der Waals surface area (Å²) in [6.45, 7) is 11.6. The van der Waals surface area contributed by atoms with Gasteiger partial charge in [0.05, 0.1) is 92.6 Å². The number of nitrogens with zero attached hydrogens (tertiary/aromatic N) is 2. The lowest BCUT2D eigenvalue weighted by atomic mass is 9.81. The van der Waals surface area contributed by atoms with Crippen LogP contribution < -0.4 is 10.6 Å². The monoisotopic (exact) mass is 1130 g/mol. The Kier molecular flexibility index (Phi) is 28.5. The van der Waals surface area contributed by atoms with Gasteiger partial charge in [-0.25, -0.2) is 0 Å². The number of carbonyl (C=O) groups is 3. The Bertz CT molecular complexity index is 2110. The molecule has 3 saturated heterocycles. The summed E-state index contributed by atoms with van der Waals surface area (Å²) < 4.78 is 24.3. The number of aliphatic hydroxyl groups excluding tert-OH is 10. The molecule has 0 aromatic carbocycles. The van der Waals surface area contributed by atoms with Crippen LogP contribution >= 0.6 is 0 Å². The number of amides is 2. The van der Waals surface area contributed by atoms with Crippen molar-refractivity contribution in [1.29, 1.82) is 0 Å². The highest BCUT2D eigenvalue weighted by atomic mass is 16.7. The summed E-state index contributed by atoms with van der Waals surface area (Å²) in [5.41, 5.74) is -0.567. The Labute approximate surface area is 471 Å². The summed E-state index contributed by atoms with van der Waals surface area (Å²) >= 11 is 0. The molecule has 0 aromatic rings. The van der Waals surface area contributed by atoms with Crippen molar-refractivity contribution < 1.29 is 89.5 Å². The molecule has 2 bridgehead atoms. The lowest BCUT2D eigenvalue weighted by Gasteiger charge is -2.48. The number of cyclic esters (lactones) is 1. The van der Waals surface area contributed by atoms with Gasteiger partial charge in [-0.15, -0.1) is 0 Å². The quantitative estimate of drug-likeness (QED) is 0.141. The second-order valence-electron chi connectivity index (χ2n) is 22.6. The molecule has 22 heteroatoms. The highest BCUT2D eigenvalue weighted by Gasteiger charge is 2.52. The number of rotatable bonds is 8. The van der Waals surface area contributed by atoms with Crippen LogP contribution in [0, 0.1) is 17.8 Å². The van der Waals surface area contributed by atoms with Gasteiger partial charge < -0.3 is 90.7 Å². The van der Waals surface area contributed by atoms with Crippen LogP contribution in [0.5, 0.6) is 0 Å². The molecular formula is C58H94N4O18. The molecule has 4 heterocycles.